The van der Waals surface area contributed by atoms with Gasteiger partial charge in [-0.25, -0.2) is 4.39 Å². The molecule has 0 radical (unpaired) electrons. The third-order valence-corrected chi connectivity index (χ3v) is 4.00. The summed E-state index contributed by atoms with van der Waals surface area (Å²) in [5, 5.41) is 21.5. The van der Waals surface area contributed by atoms with Crippen molar-refractivity contribution in [1.29, 1.82) is 0 Å². The number of hydrogen-bond donors (Lipinski definition) is 3. The number of aliphatic hydroxyl groups is 2. The zero-order valence-electron chi connectivity index (χ0n) is 13.5. The van der Waals surface area contributed by atoms with Gasteiger partial charge in [0.25, 0.3) is 11.8 Å². The van der Waals surface area contributed by atoms with Gasteiger partial charge in [-0.3, -0.25) is 24.8 Å². The normalized spacial score (nSPS) is 36.0. The Morgan fingerprint density at radius 2 is 2.28 bits per heavy atom. The van der Waals surface area contributed by atoms with Crippen LogP contribution in [0, 0.1) is 5.92 Å². The van der Waals surface area contributed by atoms with E-state index in [4.69, 9.17) is 9.84 Å². The van der Waals surface area contributed by atoms with Gasteiger partial charge in [0.2, 0.25) is 5.96 Å². The minimum atomic E-state index is -1.80. The third-order valence-electron chi connectivity index (χ3n) is 4.00. The van der Waals surface area contributed by atoms with Crippen molar-refractivity contribution < 1.29 is 28.9 Å². The zero-order chi connectivity index (χ0) is 18.3. The second kappa shape index (κ2) is 6.58. The molecule has 1 saturated heterocycles. The fourth-order valence-corrected chi connectivity index (χ4v) is 2.59. The lowest BCUT2D eigenvalue weighted by molar-refractivity contribution is -0.120. The molecule has 0 spiro atoms. The van der Waals surface area contributed by atoms with E-state index in [1.54, 1.807) is 13.8 Å². The van der Waals surface area contributed by atoms with Gasteiger partial charge in [0.15, 0.2) is 24.3 Å². The molecular weight excluding hydrogens is 337 g/mol. The molecule has 136 valence electrons. The number of amidine groups is 1. The summed E-state index contributed by atoms with van der Waals surface area (Å²) < 4.78 is 19.2. The van der Waals surface area contributed by atoms with Crippen molar-refractivity contribution in [3.8, 4) is 0 Å². The minimum absolute atomic E-state index is 0.0638. The SMILES string of the molecule is CC(C)C(=O)N=C1N=C2C(N=CN2[C@@H]2O[C@H](CO)[C@@H](F)[C@H]2O)C(=O)N1. The molecular formula is C14H18FN5O5. The zero-order valence-corrected chi connectivity index (χ0v) is 13.5. The van der Waals surface area contributed by atoms with Crippen LogP contribution in [0.15, 0.2) is 15.0 Å². The van der Waals surface area contributed by atoms with Gasteiger partial charge in [0.05, 0.1) is 12.9 Å². The van der Waals surface area contributed by atoms with Crippen molar-refractivity contribution in [1.82, 2.24) is 10.2 Å². The number of carbonyl (C=O) groups excluding carboxylic acids is 2. The van der Waals surface area contributed by atoms with Crippen molar-refractivity contribution in [3.63, 3.8) is 0 Å². The van der Waals surface area contributed by atoms with E-state index in [0.717, 1.165) is 0 Å². The van der Waals surface area contributed by atoms with Crippen LogP contribution in [0.3, 0.4) is 0 Å². The molecule has 3 aliphatic heterocycles. The van der Waals surface area contributed by atoms with Crippen molar-refractivity contribution >= 4 is 29.9 Å². The summed E-state index contributed by atoms with van der Waals surface area (Å²) >= 11 is 0. The first kappa shape index (κ1) is 17.6. The van der Waals surface area contributed by atoms with Gasteiger partial charge in [-0.2, -0.15) is 9.98 Å². The highest BCUT2D eigenvalue weighted by atomic mass is 19.1. The Morgan fingerprint density at radius 3 is 2.88 bits per heavy atom. The fourth-order valence-electron chi connectivity index (χ4n) is 2.59. The second-order valence-corrected chi connectivity index (χ2v) is 6.14. The van der Waals surface area contributed by atoms with E-state index < -0.39 is 49.1 Å². The quantitative estimate of drug-likeness (QED) is 0.545. The van der Waals surface area contributed by atoms with E-state index >= 15 is 0 Å². The average Bonchev–Trinajstić information content (AvgIpc) is 3.10. The molecule has 0 aromatic heterocycles. The van der Waals surface area contributed by atoms with Crippen molar-refractivity contribution in [2.24, 2.45) is 20.9 Å². The van der Waals surface area contributed by atoms with Gasteiger partial charge in [-0.05, 0) is 0 Å². The molecule has 0 bridgehead atoms. The van der Waals surface area contributed by atoms with E-state index in [9.17, 15) is 19.1 Å². The molecule has 3 rings (SSSR count). The molecule has 1 unspecified atom stereocenters. The largest absolute Gasteiger partial charge is 0.394 e. The number of halogens is 1. The molecule has 2 amide bonds. The molecule has 3 heterocycles. The standard InChI is InChI=1S/C14H18FN5O5/c1-5(2)11(23)18-14-17-10-8(12(24)19-14)16-4-20(10)13-9(22)7(15)6(3-21)25-13/h4-9,13,21-22H,3H2,1-2H3,(H,18,19,23,24)/t6-,7-,8?,9-,13-/m1/s1. The summed E-state index contributed by atoms with van der Waals surface area (Å²) in [5.41, 5.74) is 0. The molecule has 3 N–H and O–H groups in total. The van der Waals surface area contributed by atoms with Crippen LogP contribution in [-0.4, -0.2) is 82.3 Å². The van der Waals surface area contributed by atoms with Gasteiger partial charge >= 0.3 is 0 Å². The molecule has 0 aromatic rings. The van der Waals surface area contributed by atoms with Gasteiger partial charge in [0.1, 0.15) is 12.2 Å². The highest BCUT2D eigenvalue weighted by Gasteiger charge is 2.50. The highest BCUT2D eigenvalue weighted by molar-refractivity contribution is 6.24. The number of ether oxygens (including phenoxy) is 1. The maximum Gasteiger partial charge on any atom is 0.259 e. The monoisotopic (exact) mass is 355 g/mol. The number of rotatable bonds is 3. The number of carbonyl (C=O) groups is 2. The van der Waals surface area contributed by atoms with Crippen LogP contribution in [0.25, 0.3) is 0 Å². The van der Waals surface area contributed by atoms with Crippen molar-refractivity contribution in [3.05, 3.63) is 0 Å². The Morgan fingerprint density at radius 1 is 1.56 bits per heavy atom. The minimum Gasteiger partial charge on any atom is -0.394 e. The van der Waals surface area contributed by atoms with Crippen molar-refractivity contribution in [2.45, 2.75) is 44.5 Å². The summed E-state index contributed by atoms with van der Waals surface area (Å²) in [5.74, 6) is -1.54. The Labute approximate surface area is 142 Å². The number of nitrogens with zero attached hydrogens (tertiary/aromatic N) is 4. The first-order chi connectivity index (χ1) is 11.8. The second-order valence-electron chi connectivity index (χ2n) is 6.14. The molecule has 0 aromatic carbocycles. The van der Waals surface area contributed by atoms with Gasteiger partial charge < -0.3 is 14.9 Å². The highest BCUT2D eigenvalue weighted by Crippen LogP contribution is 2.28. The smallest absolute Gasteiger partial charge is 0.259 e. The first-order valence-corrected chi connectivity index (χ1v) is 7.75. The lowest BCUT2D eigenvalue weighted by Crippen LogP contribution is -2.53. The van der Waals surface area contributed by atoms with Crippen LogP contribution >= 0.6 is 0 Å². The topological polar surface area (TPSA) is 136 Å². The molecule has 0 aliphatic carbocycles. The Bertz CT molecular complexity index is 679. The number of aliphatic imine (C=N–C) groups is 3. The van der Waals surface area contributed by atoms with Crippen LogP contribution in [0.5, 0.6) is 0 Å². The van der Waals surface area contributed by atoms with Gasteiger partial charge in [-0.15, -0.1) is 0 Å². The number of guanidine groups is 1. The summed E-state index contributed by atoms with van der Waals surface area (Å²) in [7, 11) is 0. The summed E-state index contributed by atoms with van der Waals surface area (Å²) in [6.07, 6.45) is -4.55. The predicted molar refractivity (Wildman–Crippen MR) is 83.6 cm³/mol. The van der Waals surface area contributed by atoms with Gasteiger partial charge in [0, 0.05) is 5.92 Å². The Kier molecular flexibility index (Phi) is 4.62. The molecule has 3 aliphatic rings. The Hall–Kier alpha value is -2.24. The maximum absolute atomic E-state index is 13.9. The summed E-state index contributed by atoms with van der Waals surface area (Å²) in [6.45, 7) is 2.69. The maximum atomic E-state index is 13.9. The van der Waals surface area contributed by atoms with E-state index in [2.05, 4.69) is 20.3 Å². The van der Waals surface area contributed by atoms with E-state index in [0.29, 0.717) is 0 Å². The third kappa shape index (κ3) is 3.05. The lowest BCUT2D eigenvalue weighted by Gasteiger charge is -2.28. The molecule has 1 fully saturated rings. The number of aliphatic hydroxyl groups excluding tert-OH is 2. The number of fused-ring (bicyclic) bond motifs is 1. The van der Waals surface area contributed by atoms with E-state index in [1.807, 2.05) is 0 Å². The molecule has 10 nitrogen and oxygen atoms in total. The van der Waals surface area contributed by atoms with Crippen LogP contribution < -0.4 is 5.32 Å². The molecule has 25 heavy (non-hydrogen) atoms. The molecule has 5 atom stereocenters. The van der Waals surface area contributed by atoms with Crippen LogP contribution in [-0.2, 0) is 14.3 Å². The number of amides is 2. The van der Waals surface area contributed by atoms with E-state index in [-0.39, 0.29) is 17.7 Å². The van der Waals surface area contributed by atoms with E-state index in [1.165, 1.54) is 11.2 Å². The summed E-state index contributed by atoms with van der Waals surface area (Å²) in [4.78, 5) is 36.9. The fraction of sp³-hybridized carbons (Fsp3) is 0.643. The van der Waals surface area contributed by atoms with Crippen LogP contribution in [0.2, 0.25) is 0 Å². The Balaban J connectivity index is 1.89. The predicted octanol–water partition coefficient (Wildman–Crippen LogP) is -1.82. The van der Waals surface area contributed by atoms with Crippen LogP contribution in [0.1, 0.15) is 13.8 Å². The first-order valence-electron chi connectivity index (χ1n) is 7.75. The van der Waals surface area contributed by atoms with Crippen molar-refractivity contribution in [2.75, 3.05) is 6.61 Å². The lowest BCUT2D eigenvalue weighted by atomic mass is 10.1. The number of nitrogens with one attached hydrogen (secondary N) is 1. The molecule has 0 saturated carbocycles. The van der Waals surface area contributed by atoms with Crippen LogP contribution in [0.4, 0.5) is 4.39 Å². The van der Waals surface area contributed by atoms with Gasteiger partial charge in [-0.1, -0.05) is 13.8 Å². The summed E-state index contributed by atoms with van der Waals surface area (Å²) in [6, 6.07) is -1.00. The number of alkyl halides is 1. The number of hydrogen-bond acceptors (Lipinski definition) is 7. The molecule has 11 heteroatoms. The average molecular weight is 355 g/mol.